The average Bonchev–Trinajstić information content (AvgIpc) is 2.54. The van der Waals surface area contributed by atoms with E-state index in [9.17, 15) is 18.8 Å². The zero-order chi connectivity index (χ0) is 16.6. The Balaban J connectivity index is 2.12. The Morgan fingerprint density at radius 2 is 1.65 bits per heavy atom. The van der Waals surface area contributed by atoms with E-state index < -0.39 is 24.0 Å². The summed E-state index contributed by atoms with van der Waals surface area (Å²) >= 11 is 0. The van der Waals surface area contributed by atoms with Crippen LogP contribution in [0.1, 0.15) is 16.8 Å². The molecule has 0 aromatic heterocycles. The molecule has 0 atom stereocenters. The molecule has 0 radical (unpaired) electrons. The number of ketones is 2. The number of benzene rings is 3. The second-order valence-electron chi connectivity index (χ2n) is 5.16. The van der Waals surface area contributed by atoms with Gasteiger partial charge in [0, 0.05) is 10.9 Å². The number of Topliss-reactive ketones (excluding diaryl/α,β-unsaturated/α-hetero) is 2. The molecule has 0 saturated heterocycles. The highest BCUT2D eigenvalue weighted by Crippen LogP contribution is 2.28. The van der Waals surface area contributed by atoms with Crippen LogP contribution in [0.2, 0.25) is 0 Å². The van der Waals surface area contributed by atoms with Crippen LogP contribution in [-0.4, -0.2) is 22.6 Å². The van der Waals surface area contributed by atoms with Gasteiger partial charge in [-0.25, -0.2) is 9.18 Å². The van der Waals surface area contributed by atoms with Crippen molar-refractivity contribution in [1.82, 2.24) is 0 Å². The molecule has 23 heavy (non-hydrogen) atoms. The zero-order valence-corrected chi connectivity index (χ0v) is 11.9. The highest BCUT2D eigenvalue weighted by molar-refractivity contribution is 6.37. The fraction of sp³-hybridized carbons (Fsp3) is 0.0556. The molecule has 0 spiro atoms. The standard InChI is InChI=1S/C18H11FO4/c19-15-3-1-2-12-13(15)7-6-10-4-5-11(8-14(10)12)16(20)9-17(21)18(22)23/h1-8H,9H2,(H,22,23). The normalized spacial score (nSPS) is 10.8. The molecule has 0 bridgehead atoms. The summed E-state index contributed by atoms with van der Waals surface area (Å²) in [4.78, 5) is 33.8. The van der Waals surface area contributed by atoms with Crippen molar-refractivity contribution in [3.05, 3.63) is 59.9 Å². The monoisotopic (exact) mass is 310 g/mol. The molecular weight excluding hydrogens is 299 g/mol. The Labute approximate surface area is 130 Å². The van der Waals surface area contributed by atoms with Crippen LogP contribution < -0.4 is 0 Å². The molecule has 0 fully saturated rings. The lowest BCUT2D eigenvalue weighted by Crippen LogP contribution is -2.17. The van der Waals surface area contributed by atoms with Crippen molar-refractivity contribution in [1.29, 1.82) is 0 Å². The van der Waals surface area contributed by atoms with Gasteiger partial charge in [0.2, 0.25) is 5.78 Å². The largest absolute Gasteiger partial charge is 0.475 e. The Morgan fingerprint density at radius 1 is 0.913 bits per heavy atom. The molecule has 3 aromatic rings. The van der Waals surface area contributed by atoms with Crippen molar-refractivity contribution in [2.24, 2.45) is 0 Å². The third-order valence-corrected chi connectivity index (χ3v) is 3.71. The number of aliphatic carboxylic acids is 1. The van der Waals surface area contributed by atoms with Crippen molar-refractivity contribution in [3.63, 3.8) is 0 Å². The van der Waals surface area contributed by atoms with Crippen molar-refractivity contribution in [2.45, 2.75) is 6.42 Å². The smallest absolute Gasteiger partial charge is 0.372 e. The maximum Gasteiger partial charge on any atom is 0.372 e. The molecule has 4 nitrogen and oxygen atoms in total. The van der Waals surface area contributed by atoms with Gasteiger partial charge in [0.25, 0.3) is 0 Å². The topological polar surface area (TPSA) is 71.4 Å². The number of fused-ring (bicyclic) bond motifs is 3. The first-order chi connectivity index (χ1) is 11.0. The molecule has 114 valence electrons. The zero-order valence-electron chi connectivity index (χ0n) is 11.9. The summed E-state index contributed by atoms with van der Waals surface area (Å²) in [5.41, 5.74) is 0.226. The van der Waals surface area contributed by atoms with Crippen LogP contribution in [-0.2, 0) is 9.59 Å². The number of hydrogen-bond donors (Lipinski definition) is 1. The molecule has 1 N–H and O–H groups in total. The SMILES string of the molecule is O=C(O)C(=O)CC(=O)c1ccc2ccc3c(F)cccc3c2c1. The number of carboxylic acid groups (broad SMARTS) is 1. The van der Waals surface area contributed by atoms with E-state index in [0.717, 1.165) is 5.39 Å². The van der Waals surface area contributed by atoms with Gasteiger partial charge < -0.3 is 5.11 Å². The fourth-order valence-corrected chi connectivity index (χ4v) is 2.55. The van der Waals surface area contributed by atoms with Crippen LogP contribution in [0.5, 0.6) is 0 Å². The second-order valence-corrected chi connectivity index (χ2v) is 5.16. The fourth-order valence-electron chi connectivity index (χ4n) is 2.55. The number of rotatable bonds is 4. The van der Waals surface area contributed by atoms with Crippen LogP contribution >= 0.6 is 0 Å². The minimum atomic E-state index is -1.63. The summed E-state index contributed by atoms with van der Waals surface area (Å²) in [6.45, 7) is 0. The summed E-state index contributed by atoms with van der Waals surface area (Å²) in [5.74, 6) is -3.72. The Kier molecular flexibility index (Phi) is 3.62. The van der Waals surface area contributed by atoms with Gasteiger partial charge in [0.15, 0.2) is 5.78 Å². The van der Waals surface area contributed by atoms with Gasteiger partial charge in [-0.3, -0.25) is 9.59 Å². The highest BCUT2D eigenvalue weighted by Gasteiger charge is 2.18. The van der Waals surface area contributed by atoms with Crippen LogP contribution in [0.3, 0.4) is 0 Å². The minimum Gasteiger partial charge on any atom is -0.475 e. The third kappa shape index (κ3) is 2.68. The molecule has 3 rings (SSSR count). The van der Waals surface area contributed by atoms with Gasteiger partial charge in [-0.2, -0.15) is 0 Å². The summed E-state index contributed by atoms with van der Waals surface area (Å²) in [6.07, 6.45) is -0.694. The number of carboxylic acids is 1. The molecule has 0 heterocycles. The summed E-state index contributed by atoms with van der Waals surface area (Å²) in [5, 5.41) is 11.2. The summed E-state index contributed by atoms with van der Waals surface area (Å²) in [7, 11) is 0. The van der Waals surface area contributed by atoms with Crippen LogP contribution in [0.4, 0.5) is 4.39 Å². The van der Waals surface area contributed by atoms with Gasteiger partial charge in [0.05, 0.1) is 6.42 Å². The molecule has 0 aliphatic heterocycles. The maximum atomic E-state index is 13.9. The second kappa shape index (κ2) is 5.61. The Bertz CT molecular complexity index is 975. The Hall–Kier alpha value is -3.08. The molecule has 0 saturated carbocycles. The van der Waals surface area contributed by atoms with E-state index in [-0.39, 0.29) is 11.4 Å². The molecule has 5 heteroatoms. The first-order valence-corrected chi connectivity index (χ1v) is 6.87. The molecule has 3 aromatic carbocycles. The first kappa shape index (κ1) is 14.8. The molecule has 0 amide bonds. The lowest BCUT2D eigenvalue weighted by molar-refractivity contribution is -0.148. The summed E-state index contributed by atoms with van der Waals surface area (Å²) in [6, 6.07) is 12.9. The predicted molar refractivity (Wildman–Crippen MR) is 83.0 cm³/mol. The molecule has 0 aliphatic carbocycles. The Morgan fingerprint density at radius 3 is 2.39 bits per heavy atom. The number of carbonyl (C=O) groups excluding carboxylic acids is 2. The molecule has 0 unspecified atom stereocenters. The van der Waals surface area contributed by atoms with Crippen LogP contribution in [0.15, 0.2) is 48.5 Å². The van der Waals surface area contributed by atoms with E-state index in [1.807, 2.05) is 0 Å². The van der Waals surface area contributed by atoms with E-state index in [0.29, 0.717) is 16.2 Å². The van der Waals surface area contributed by atoms with Crippen LogP contribution in [0.25, 0.3) is 21.5 Å². The maximum absolute atomic E-state index is 13.9. The highest BCUT2D eigenvalue weighted by atomic mass is 19.1. The van der Waals surface area contributed by atoms with Gasteiger partial charge in [-0.05, 0) is 28.3 Å². The number of hydrogen-bond acceptors (Lipinski definition) is 3. The van der Waals surface area contributed by atoms with Crippen molar-refractivity contribution in [2.75, 3.05) is 0 Å². The van der Waals surface area contributed by atoms with Crippen LogP contribution in [0, 0.1) is 5.82 Å². The van der Waals surface area contributed by atoms with E-state index in [1.165, 1.54) is 12.1 Å². The third-order valence-electron chi connectivity index (χ3n) is 3.71. The van der Waals surface area contributed by atoms with Crippen molar-refractivity contribution >= 4 is 39.1 Å². The van der Waals surface area contributed by atoms with Crippen molar-refractivity contribution in [3.8, 4) is 0 Å². The average molecular weight is 310 g/mol. The minimum absolute atomic E-state index is 0.226. The summed E-state index contributed by atoms with van der Waals surface area (Å²) < 4.78 is 13.9. The van der Waals surface area contributed by atoms with Gasteiger partial charge in [-0.15, -0.1) is 0 Å². The number of halogens is 1. The predicted octanol–water partition coefficient (Wildman–Crippen LogP) is 3.36. The molecule has 0 aliphatic rings. The van der Waals surface area contributed by atoms with E-state index in [4.69, 9.17) is 5.11 Å². The lowest BCUT2D eigenvalue weighted by atomic mass is 9.97. The quantitative estimate of drug-likeness (QED) is 0.347. The van der Waals surface area contributed by atoms with Gasteiger partial charge >= 0.3 is 5.97 Å². The van der Waals surface area contributed by atoms with Gasteiger partial charge in [-0.1, -0.05) is 36.4 Å². The van der Waals surface area contributed by atoms with E-state index in [1.54, 1.807) is 36.4 Å². The van der Waals surface area contributed by atoms with E-state index in [2.05, 4.69) is 0 Å². The van der Waals surface area contributed by atoms with Gasteiger partial charge in [0.1, 0.15) is 5.82 Å². The van der Waals surface area contributed by atoms with Crippen molar-refractivity contribution < 1.29 is 23.9 Å². The molecular formula is C18H11FO4. The van der Waals surface area contributed by atoms with E-state index >= 15 is 0 Å². The first-order valence-electron chi connectivity index (χ1n) is 6.87. The number of carbonyl (C=O) groups is 3. The lowest BCUT2D eigenvalue weighted by Gasteiger charge is -2.07.